The molecule has 9 aromatic rings. The van der Waals surface area contributed by atoms with Gasteiger partial charge in [0.15, 0.2) is 0 Å². The molecule has 10 rings (SSSR count). The number of nitrogens with zero attached hydrogens (tertiary/aromatic N) is 1. The van der Waals surface area contributed by atoms with Crippen LogP contribution >= 0.6 is 0 Å². The van der Waals surface area contributed by atoms with E-state index in [1.807, 2.05) is 0 Å². The first kappa shape index (κ1) is 30.4. The molecule has 0 fully saturated rings. The second kappa shape index (κ2) is 11.8. The Kier molecular flexibility index (Phi) is 6.91. The predicted octanol–water partition coefficient (Wildman–Crippen LogP) is 14.3. The second-order valence-electron chi connectivity index (χ2n) is 14.6. The topological polar surface area (TPSA) is 3.24 Å². The van der Waals surface area contributed by atoms with Gasteiger partial charge in [-0.05, 0) is 131 Å². The van der Waals surface area contributed by atoms with Crippen molar-refractivity contribution in [1.82, 2.24) is 0 Å². The number of hydrogen-bond donors (Lipinski definition) is 0. The van der Waals surface area contributed by atoms with Crippen molar-refractivity contribution in [1.29, 1.82) is 0 Å². The van der Waals surface area contributed by atoms with E-state index >= 15 is 0 Å². The first-order chi connectivity index (χ1) is 25.5. The van der Waals surface area contributed by atoms with Gasteiger partial charge >= 0.3 is 0 Å². The van der Waals surface area contributed by atoms with Crippen molar-refractivity contribution in [2.75, 3.05) is 4.90 Å². The molecule has 0 aromatic heterocycles. The highest BCUT2D eigenvalue weighted by atomic mass is 15.1. The lowest BCUT2D eigenvalue weighted by Gasteiger charge is -2.26. The molecule has 0 N–H and O–H groups in total. The van der Waals surface area contributed by atoms with Gasteiger partial charge in [-0.1, -0.05) is 147 Å². The lowest BCUT2D eigenvalue weighted by Crippen LogP contribution is -2.15. The molecule has 1 nitrogen and oxygen atoms in total. The number of para-hydroxylation sites is 1. The van der Waals surface area contributed by atoms with Gasteiger partial charge in [-0.3, -0.25) is 0 Å². The normalized spacial score (nSPS) is 13.0. The predicted molar refractivity (Wildman–Crippen MR) is 222 cm³/mol. The highest BCUT2D eigenvalue weighted by molar-refractivity contribution is 6.06. The van der Waals surface area contributed by atoms with Crippen molar-refractivity contribution >= 4 is 49.4 Å². The molecule has 9 aromatic carbocycles. The maximum atomic E-state index is 2.40. The quantitative estimate of drug-likeness (QED) is 0.177. The van der Waals surface area contributed by atoms with Crippen LogP contribution in [0.4, 0.5) is 17.1 Å². The molecule has 1 aliphatic carbocycles. The zero-order valence-corrected chi connectivity index (χ0v) is 29.3. The molecule has 1 heteroatoms. The van der Waals surface area contributed by atoms with E-state index in [2.05, 4.69) is 207 Å². The molecule has 0 aliphatic heterocycles. The molecule has 0 bridgehead atoms. The van der Waals surface area contributed by atoms with E-state index in [1.54, 1.807) is 0 Å². The van der Waals surface area contributed by atoms with Crippen LogP contribution in [0.5, 0.6) is 0 Å². The van der Waals surface area contributed by atoms with Crippen LogP contribution in [0.1, 0.15) is 25.0 Å². The van der Waals surface area contributed by atoms with Crippen LogP contribution in [-0.4, -0.2) is 0 Å². The van der Waals surface area contributed by atoms with Crippen molar-refractivity contribution in [2.45, 2.75) is 19.3 Å². The molecule has 0 spiro atoms. The Morgan fingerprint density at radius 3 is 1.77 bits per heavy atom. The molecule has 52 heavy (non-hydrogen) atoms. The van der Waals surface area contributed by atoms with Crippen molar-refractivity contribution in [3.05, 3.63) is 199 Å². The lowest BCUT2D eigenvalue weighted by molar-refractivity contribution is 0.666. The van der Waals surface area contributed by atoms with E-state index < -0.39 is 0 Å². The van der Waals surface area contributed by atoms with E-state index in [9.17, 15) is 0 Å². The Labute approximate surface area is 305 Å². The highest BCUT2D eigenvalue weighted by Gasteiger charge is 2.38. The summed E-state index contributed by atoms with van der Waals surface area (Å²) < 4.78 is 0. The maximum absolute atomic E-state index is 2.40. The van der Waals surface area contributed by atoms with Gasteiger partial charge in [-0.2, -0.15) is 0 Å². The fourth-order valence-corrected chi connectivity index (χ4v) is 8.62. The largest absolute Gasteiger partial charge is 0.310 e. The van der Waals surface area contributed by atoms with Crippen molar-refractivity contribution in [3.8, 4) is 33.4 Å². The molecule has 0 saturated heterocycles. The highest BCUT2D eigenvalue weighted by Crippen LogP contribution is 2.55. The van der Waals surface area contributed by atoms with E-state index in [0.29, 0.717) is 0 Å². The number of anilines is 3. The number of rotatable bonds is 5. The molecular weight excluding hydrogens is 627 g/mol. The molecule has 0 amide bonds. The smallest absolute Gasteiger partial charge is 0.0468 e. The molecule has 246 valence electrons. The van der Waals surface area contributed by atoms with Gasteiger partial charge < -0.3 is 4.90 Å². The Balaban J connectivity index is 1.06. The minimum Gasteiger partial charge on any atom is -0.310 e. The fraction of sp³-hybridized carbons (Fsp3) is 0.0588. The van der Waals surface area contributed by atoms with E-state index in [4.69, 9.17) is 0 Å². The van der Waals surface area contributed by atoms with Gasteiger partial charge in [0, 0.05) is 22.5 Å². The van der Waals surface area contributed by atoms with Crippen LogP contribution in [-0.2, 0) is 5.41 Å². The summed E-state index contributed by atoms with van der Waals surface area (Å²) >= 11 is 0. The van der Waals surface area contributed by atoms with Gasteiger partial charge in [-0.25, -0.2) is 0 Å². The zero-order chi connectivity index (χ0) is 34.8. The molecule has 0 heterocycles. The third-order valence-corrected chi connectivity index (χ3v) is 11.2. The van der Waals surface area contributed by atoms with Gasteiger partial charge in [-0.15, -0.1) is 0 Å². The van der Waals surface area contributed by atoms with Crippen molar-refractivity contribution in [3.63, 3.8) is 0 Å². The summed E-state index contributed by atoms with van der Waals surface area (Å²) in [5.74, 6) is 0. The molecule has 0 saturated carbocycles. The van der Waals surface area contributed by atoms with Gasteiger partial charge in [0.25, 0.3) is 0 Å². The Morgan fingerprint density at radius 2 is 0.923 bits per heavy atom. The van der Waals surface area contributed by atoms with Crippen LogP contribution in [0, 0.1) is 0 Å². The molecule has 0 unspecified atom stereocenters. The average Bonchev–Trinajstić information content (AvgIpc) is 3.44. The van der Waals surface area contributed by atoms with Crippen LogP contribution in [0.15, 0.2) is 188 Å². The maximum Gasteiger partial charge on any atom is 0.0468 e. The molecule has 0 radical (unpaired) electrons. The summed E-state index contributed by atoms with van der Waals surface area (Å²) in [6.45, 7) is 4.76. The first-order valence-corrected chi connectivity index (χ1v) is 18.2. The summed E-state index contributed by atoms with van der Waals surface area (Å²) in [6.07, 6.45) is 0. The minimum absolute atomic E-state index is 0.0815. The van der Waals surface area contributed by atoms with Crippen molar-refractivity contribution in [2.24, 2.45) is 0 Å². The monoisotopic (exact) mass is 663 g/mol. The summed E-state index contributed by atoms with van der Waals surface area (Å²) in [5, 5.41) is 7.60. The molecule has 0 atom stereocenters. The van der Waals surface area contributed by atoms with Crippen LogP contribution in [0.25, 0.3) is 65.7 Å². The van der Waals surface area contributed by atoms with Gasteiger partial charge in [0.05, 0.1) is 0 Å². The molecular formula is C51H37N. The second-order valence-corrected chi connectivity index (χ2v) is 14.6. The third-order valence-electron chi connectivity index (χ3n) is 11.2. The first-order valence-electron chi connectivity index (χ1n) is 18.2. The van der Waals surface area contributed by atoms with Crippen LogP contribution in [0.2, 0.25) is 0 Å². The third kappa shape index (κ3) is 4.85. The molecule has 1 aliphatic rings. The number of hydrogen-bond acceptors (Lipinski definition) is 1. The summed E-state index contributed by atoms with van der Waals surface area (Å²) in [6, 6.07) is 69.0. The summed E-state index contributed by atoms with van der Waals surface area (Å²) in [7, 11) is 0. The Hall–Kier alpha value is -6.44. The van der Waals surface area contributed by atoms with Crippen LogP contribution in [0.3, 0.4) is 0 Å². The van der Waals surface area contributed by atoms with E-state index in [0.717, 1.165) is 17.1 Å². The number of benzene rings is 9. The Bertz CT molecular complexity index is 2810. The fourth-order valence-electron chi connectivity index (χ4n) is 8.62. The number of fused-ring (bicyclic) bond motifs is 7. The lowest BCUT2D eigenvalue weighted by atomic mass is 9.79. The Morgan fingerprint density at radius 1 is 0.365 bits per heavy atom. The van der Waals surface area contributed by atoms with Crippen molar-refractivity contribution < 1.29 is 0 Å². The standard InChI is InChI=1S/C51H37N/c1-51(2)48-19-11-10-18-46(48)49-47(33-40-14-8-9-17-45(40)50(49)51)41-23-22-39-32-44(29-26-38(39)31-41)52(42-15-4-3-5-16-42)43-27-24-35(25-28-43)37-21-20-34-12-6-7-13-36(34)30-37/h3-33H,1-2H3. The summed E-state index contributed by atoms with van der Waals surface area (Å²) in [5.41, 5.74) is 13.8. The summed E-state index contributed by atoms with van der Waals surface area (Å²) in [4.78, 5) is 2.35. The van der Waals surface area contributed by atoms with Gasteiger partial charge in [0.1, 0.15) is 0 Å². The van der Waals surface area contributed by atoms with E-state index in [1.165, 1.54) is 76.8 Å². The zero-order valence-electron chi connectivity index (χ0n) is 29.3. The van der Waals surface area contributed by atoms with Crippen LogP contribution < -0.4 is 4.90 Å². The van der Waals surface area contributed by atoms with Gasteiger partial charge in [0.2, 0.25) is 0 Å². The minimum atomic E-state index is -0.0815. The average molecular weight is 664 g/mol. The van der Waals surface area contributed by atoms with E-state index in [-0.39, 0.29) is 5.41 Å². The SMILES string of the molecule is CC1(C)c2ccccc2-c2c(-c3ccc4cc(N(c5ccccc5)c5ccc(-c6ccc7ccccc7c6)cc5)ccc4c3)cc3ccccc3c21.